The quantitative estimate of drug-likeness (QED) is 0.810. The van der Waals surface area contributed by atoms with Crippen LogP contribution in [0.15, 0.2) is 24.3 Å². The number of rotatable bonds is 4. The fraction of sp³-hybridized carbons (Fsp3) is 0.696. The van der Waals surface area contributed by atoms with Gasteiger partial charge in [-0.15, -0.1) is 0 Å². The van der Waals surface area contributed by atoms with Crippen LogP contribution in [0.1, 0.15) is 62.8 Å². The van der Waals surface area contributed by atoms with Crippen LogP contribution in [-0.4, -0.2) is 54.0 Å². The van der Waals surface area contributed by atoms with Crippen molar-refractivity contribution in [2.75, 3.05) is 32.7 Å². The van der Waals surface area contributed by atoms with Gasteiger partial charge >= 0.3 is 0 Å². The third-order valence-electron chi connectivity index (χ3n) is 7.16. The summed E-state index contributed by atoms with van der Waals surface area (Å²) in [4.78, 5) is 17.6. The Morgan fingerprint density at radius 3 is 2.56 bits per heavy atom. The molecule has 4 aliphatic rings. The van der Waals surface area contributed by atoms with Gasteiger partial charge in [0.05, 0.1) is 0 Å². The van der Waals surface area contributed by atoms with E-state index in [-0.39, 0.29) is 5.60 Å². The minimum atomic E-state index is -0.0651. The van der Waals surface area contributed by atoms with E-state index in [4.69, 9.17) is 4.74 Å². The molecule has 3 aliphatic heterocycles. The SMILES string of the molecule is O=C(C[C@H]1CC2(CCN(CC3CC3)CC2)Oc2ccccc21)N1CCCC1. The first-order valence-electron chi connectivity index (χ1n) is 11.0. The Kier molecular flexibility index (Phi) is 4.63. The third kappa shape index (κ3) is 3.73. The summed E-state index contributed by atoms with van der Waals surface area (Å²) in [7, 11) is 0. The predicted molar refractivity (Wildman–Crippen MR) is 106 cm³/mol. The standard InChI is InChI=1S/C23H32N2O2/c26-22(25-11-3-4-12-25)15-19-16-23(27-21-6-2-1-5-20(19)21)9-13-24(14-10-23)17-18-7-8-18/h1-2,5-6,18-19H,3-4,7-17H2/t19-/m0/s1. The van der Waals surface area contributed by atoms with Crippen molar-refractivity contribution in [3.8, 4) is 5.75 Å². The van der Waals surface area contributed by atoms with Gasteiger partial charge in [-0.25, -0.2) is 0 Å². The molecule has 1 amide bonds. The van der Waals surface area contributed by atoms with E-state index in [9.17, 15) is 4.79 Å². The fourth-order valence-corrected chi connectivity index (χ4v) is 5.35. The molecular weight excluding hydrogens is 336 g/mol. The first-order chi connectivity index (χ1) is 13.2. The Bertz CT molecular complexity index is 685. The number of hydrogen-bond donors (Lipinski definition) is 0. The zero-order valence-corrected chi connectivity index (χ0v) is 16.4. The summed E-state index contributed by atoms with van der Waals surface area (Å²) in [6.07, 6.45) is 9.02. The van der Waals surface area contributed by atoms with Gasteiger partial charge in [0.1, 0.15) is 11.4 Å². The number of ether oxygens (including phenoxy) is 1. The molecule has 0 bridgehead atoms. The summed E-state index contributed by atoms with van der Waals surface area (Å²) in [6.45, 7) is 5.47. The molecule has 1 atom stereocenters. The second kappa shape index (κ2) is 7.12. The molecule has 27 heavy (non-hydrogen) atoms. The van der Waals surface area contributed by atoms with E-state index < -0.39 is 0 Å². The highest BCUT2D eigenvalue weighted by Crippen LogP contribution is 2.47. The van der Waals surface area contributed by atoms with Crippen LogP contribution >= 0.6 is 0 Å². The minimum Gasteiger partial charge on any atom is -0.487 e. The van der Waals surface area contributed by atoms with Crippen LogP contribution in [0.5, 0.6) is 5.75 Å². The second-order valence-corrected chi connectivity index (χ2v) is 9.26. The molecule has 1 aromatic carbocycles. The van der Waals surface area contributed by atoms with Crippen molar-refractivity contribution in [3.63, 3.8) is 0 Å². The second-order valence-electron chi connectivity index (χ2n) is 9.26. The van der Waals surface area contributed by atoms with Gasteiger partial charge in [0.2, 0.25) is 5.91 Å². The number of carbonyl (C=O) groups is 1. The Balaban J connectivity index is 1.31. The maximum atomic E-state index is 12.9. The van der Waals surface area contributed by atoms with Gasteiger partial charge in [-0.2, -0.15) is 0 Å². The highest BCUT2D eigenvalue weighted by molar-refractivity contribution is 5.77. The molecule has 1 aliphatic carbocycles. The van der Waals surface area contributed by atoms with Crippen molar-refractivity contribution in [2.45, 2.75) is 62.9 Å². The number of carbonyl (C=O) groups excluding carboxylic acids is 1. The van der Waals surface area contributed by atoms with E-state index in [1.165, 1.54) is 24.9 Å². The van der Waals surface area contributed by atoms with Gasteiger partial charge in [-0.3, -0.25) is 4.79 Å². The van der Waals surface area contributed by atoms with E-state index in [0.29, 0.717) is 18.2 Å². The zero-order chi connectivity index (χ0) is 18.3. The van der Waals surface area contributed by atoms with E-state index in [0.717, 1.165) is 70.0 Å². The maximum Gasteiger partial charge on any atom is 0.223 e. The largest absolute Gasteiger partial charge is 0.487 e. The van der Waals surface area contributed by atoms with Crippen LogP contribution in [0.25, 0.3) is 0 Å². The Morgan fingerprint density at radius 2 is 1.81 bits per heavy atom. The summed E-state index contributed by atoms with van der Waals surface area (Å²) in [5.41, 5.74) is 1.18. The number of benzene rings is 1. The first-order valence-corrected chi connectivity index (χ1v) is 11.0. The molecule has 5 rings (SSSR count). The lowest BCUT2D eigenvalue weighted by atomic mass is 9.76. The number of amides is 1. The number of hydrogen-bond acceptors (Lipinski definition) is 3. The van der Waals surface area contributed by atoms with Crippen molar-refractivity contribution in [1.29, 1.82) is 0 Å². The number of fused-ring (bicyclic) bond motifs is 1. The molecule has 1 aromatic rings. The highest BCUT2D eigenvalue weighted by Gasteiger charge is 2.44. The van der Waals surface area contributed by atoms with E-state index in [2.05, 4.69) is 34.1 Å². The Labute approximate surface area is 162 Å². The van der Waals surface area contributed by atoms with E-state index in [1.807, 2.05) is 0 Å². The number of para-hydroxylation sites is 1. The van der Waals surface area contributed by atoms with Crippen molar-refractivity contribution < 1.29 is 9.53 Å². The van der Waals surface area contributed by atoms with Gasteiger partial charge in [0, 0.05) is 45.1 Å². The summed E-state index contributed by atoms with van der Waals surface area (Å²) >= 11 is 0. The summed E-state index contributed by atoms with van der Waals surface area (Å²) in [5.74, 6) is 2.63. The van der Waals surface area contributed by atoms with Crippen LogP contribution in [0.3, 0.4) is 0 Å². The first kappa shape index (κ1) is 17.5. The summed E-state index contributed by atoms with van der Waals surface area (Å²) in [6, 6.07) is 8.44. The molecule has 1 saturated carbocycles. The van der Waals surface area contributed by atoms with Crippen LogP contribution in [0.4, 0.5) is 0 Å². The van der Waals surface area contributed by atoms with Crippen molar-refractivity contribution in [3.05, 3.63) is 29.8 Å². The number of nitrogens with zero attached hydrogens (tertiary/aromatic N) is 2. The molecule has 4 nitrogen and oxygen atoms in total. The van der Waals surface area contributed by atoms with Gasteiger partial charge in [-0.05, 0) is 62.5 Å². The van der Waals surface area contributed by atoms with Crippen molar-refractivity contribution >= 4 is 5.91 Å². The minimum absolute atomic E-state index is 0.0651. The van der Waals surface area contributed by atoms with Gasteiger partial charge in [0.25, 0.3) is 0 Å². The predicted octanol–water partition coefficient (Wildman–Crippen LogP) is 3.81. The van der Waals surface area contributed by atoms with E-state index >= 15 is 0 Å². The summed E-state index contributed by atoms with van der Waals surface area (Å²) < 4.78 is 6.62. The molecule has 2 saturated heterocycles. The third-order valence-corrected chi connectivity index (χ3v) is 7.16. The average molecular weight is 369 g/mol. The molecular formula is C23H32N2O2. The molecule has 4 heteroatoms. The number of likely N-dealkylation sites (tertiary alicyclic amines) is 2. The lowest BCUT2D eigenvalue weighted by Gasteiger charge is -2.47. The molecule has 0 aromatic heterocycles. The Hall–Kier alpha value is -1.55. The zero-order valence-electron chi connectivity index (χ0n) is 16.4. The van der Waals surface area contributed by atoms with Crippen LogP contribution in [0.2, 0.25) is 0 Å². The molecule has 3 heterocycles. The van der Waals surface area contributed by atoms with Gasteiger partial charge in [-0.1, -0.05) is 18.2 Å². The molecule has 0 radical (unpaired) electrons. The van der Waals surface area contributed by atoms with Crippen LogP contribution in [0, 0.1) is 5.92 Å². The molecule has 0 N–H and O–H groups in total. The van der Waals surface area contributed by atoms with Gasteiger partial charge in [0.15, 0.2) is 0 Å². The maximum absolute atomic E-state index is 12.9. The fourth-order valence-electron chi connectivity index (χ4n) is 5.35. The molecule has 1 spiro atoms. The van der Waals surface area contributed by atoms with Crippen molar-refractivity contribution in [1.82, 2.24) is 9.80 Å². The number of piperidine rings is 1. The van der Waals surface area contributed by atoms with Gasteiger partial charge < -0.3 is 14.5 Å². The molecule has 0 unspecified atom stereocenters. The monoisotopic (exact) mass is 368 g/mol. The molecule has 146 valence electrons. The average Bonchev–Trinajstić information content (AvgIpc) is 3.32. The normalized spacial score (nSPS) is 27.4. The summed E-state index contributed by atoms with van der Waals surface area (Å²) in [5, 5.41) is 0. The van der Waals surface area contributed by atoms with Crippen LogP contribution < -0.4 is 4.74 Å². The van der Waals surface area contributed by atoms with Crippen LogP contribution in [-0.2, 0) is 4.79 Å². The lowest BCUT2D eigenvalue weighted by Crippen LogP contribution is -2.51. The Morgan fingerprint density at radius 1 is 1.07 bits per heavy atom. The highest BCUT2D eigenvalue weighted by atomic mass is 16.5. The lowest BCUT2D eigenvalue weighted by molar-refractivity contribution is -0.131. The van der Waals surface area contributed by atoms with E-state index in [1.54, 1.807) is 0 Å². The topological polar surface area (TPSA) is 32.8 Å². The molecule has 3 fully saturated rings. The van der Waals surface area contributed by atoms with Crippen molar-refractivity contribution in [2.24, 2.45) is 5.92 Å². The smallest absolute Gasteiger partial charge is 0.223 e.